The molecule has 1 atom stereocenters. The standard InChI is InChI=1S/C13H11Br2ClO/c1-7-3-4-17-13(7)12(16)9-6-10(14)8(2)5-11(9)15/h3-6,12H,1-2H3. The van der Waals surface area contributed by atoms with Crippen molar-refractivity contribution >= 4 is 43.5 Å². The van der Waals surface area contributed by atoms with E-state index in [9.17, 15) is 0 Å². The van der Waals surface area contributed by atoms with Gasteiger partial charge in [-0.3, -0.25) is 0 Å². The second-order valence-electron chi connectivity index (χ2n) is 3.95. The van der Waals surface area contributed by atoms with E-state index in [0.29, 0.717) is 0 Å². The maximum atomic E-state index is 6.46. The number of alkyl halides is 1. The molecule has 0 radical (unpaired) electrons. The van der Waals surface area contributed by atoms with E-state index in [4.69, 9.17) is 16.0 Å². The molecule has 1 aromatic carbocycles. The summed E-state index contributed by atoms with van der Waals surface area (Å²) in [5.41, 5.74) is 3.23. The molecule has 1 unspecified atom stereocenters. The molecule has 17 heavy (non-hydrogen) atoms. The van der Waals surface area contributed by atoms with Crippen molar-refractivity contribution in [3.05, 3.63) is 55.9 Å². The Hall–Kier alpha value is -0.250. The highest BCUT2D eigenvalue weighted by molar-refractivity contribution is 9.11. The molecule has 0 saturated heterocycles. The number of benzene rings is 1. The summed E-state index contributed by atoms with van der Waals surface area (Å²) in [6.07, 6.45) is 1.66. The maximum absolute atomic E-state index is 6.46. The van der Waals surface area contributed by atoms with Crippen LogP contribution in [-0.2, 0) is 0 Å². The average molecular weight is 378 g/mol. The van der Waals surface area contributed by atoms with Crippen LogP contribution in [0, 0.1) is 13.8 Å². The van der Waals surface area contributed by atoms with Crippen LogP contribution in [0.4, 0.5) is 0 Å². The summed E-state index contributed by atoms with van der Waals surface area (Å²) in [4.78, 5) is 0. The van der Waals surface area contributed by atoms with Gasteiger partial charge in [0.25, 0.3) is 0 Å². The number of halogens is 3. The van der Waals surface area contributed by atoms with Gasteiger partial charge in [0.1, 0.15) is 11.1 Å². The fourth-order valence-electron chi connectivity index (χ4n) is 1.64. The molecule has 0 bridgehead atoms. The van der Waals surface area contributed by atoms with Crippen molar-refractivity contribution in [2.75, 3.05) is 0 Å². The predicted molar refractivity (Wildman–Crippen MR) is 77.7 cm³/mol. The minimum atomic E-state index is -0.281. The lowest BCUT2D eigenvalue weighted by Crippen LogP contribution is -1.96. The van der Waals surface area contributed by atoms with Gasteiger partial charge >= 0.3 is 0 Å². The number of rotatable bonds is 2. The van der Waals surface area contributed by atoms with Gasteiger partial charge in [-0.2, -0.15) is 0 Å². The molecule has 0 saturated carbocycles. The van der Waals surface area contributed by atoms with E-state index in [1.807, 2.05) is 32.0 Å². The zero-order valence-corrected chi connectivity index (χ0v) is 13.4. The monoisotopic (exact) mass is 376 g/mol. The van der Waals surface area contributed by atoms with Gasteiger partial charge in [0.15, 0.2) is 0 Å². The third-order valence-electron chi connectivity index (χ3n) is 2.68. The van der Waals surface area contributed by atoms with Crippen LogP contribution in [0.25, 0.3) is 0 Å². The van der Waals surface area contributed by atoms with Gasteiger partial charge in [-0.1, -0.05) is 31.9 Å². The Morgan fingerprint density at radius 1 is 1.12 bits per heavy atom. The Morgan fingerprint density at radius 2 is 1.82 bits per heavy atom. The summed E-state index contributed by atoms with van der Waals surface area (Å²) in [6, 6.07) is 5.99. The number of hydrogen-bond donors (Lipinski definition) is 0. The molecule has 1 aromatic heterocycles. The Balaban J connectivity index is 2.48. The van der Waals surface area contributed by atoms with E-state index < -0.39 is 0 Å². The predicted octanol–water partition coefficient (Wildman–Crippen LogP) is 5.75. The summed E-state index contributed by atoms with van der Waals surface area (Å²) in [5, 5.41) is -0.281. The van der Waals surface area contributed by atoms with Crippen LogP contribution in [0.3, 0.4) is 0 Å². The Labute approximate surface area is 122 Å². The van der Waals surface area contributed by atoms with Crippen LogP contribution in [0.15, 0.2) is 37.8 Å². The summed E-state index contributed by atoms with van der Waals surface area (Å²) in [7, 11) is 0. The molecule has 2 aromatic rings. The molecular formula is C13H11Br2ClO. The van der Waals surface area contributed by atoms with E-state index in [-0.39, 0.29) is 5.38 Å². The first kappa shape index (κ1) is 13.2. The Morgan fingerprint density at radius 3 is 2.41 bits per heavy atom. The highest BCUT2D eigenvalue weighted by atomic mass is 79.9. The molecule has 0 aliphatic rings. The molecule has 4 heteroatoms. The highest BCUT2D eigenvalue weighted by Gasteiger charge is 2.19. The Kier molecular flexibility index (Phi) is 4.01. The van der Waals surface area contributed by atoms with Crippen LogP contribution in [-0.4, -0.2) is 0 Å². The van der Waals surface area contributed by atoms with Crippen LogP contribution in [0.5, 0.6) is 0 Å². The van der Waals surface area contributed by atoms with Gasteiger partial charge < -0.3 is 4.42 Å². The molecular weight excluding hydrogens is 367 g/mol. The number of aryl methyl sites for hydroxylation is 2. The van der Waals surface area contributed by atoms with Gasteiger partial charge in [0.05, 0.1) is 6.26 Å². The largest absolute Gasteiger partial charge is 0.467 e. The van der Waals surface area contributed by atoms with Gasteiger partial charge in [0, 0.05) is 8.95 Å². The topological polar surface area (TPSA) is 13.1 Å². The van der Waals surface area contributed by atoms with Crippen molar-refractivity contribution < 1.29 is 4.42 Å². The van der Waals surface area contributed by atoms with Crippen LogP contribution >= 0.6 is 43.5 Å². The van der Waals surface area contributed by atoms with E-state index in [0.717, 1.165) is 25.8 Å². The van der Waals surface area contributed by atoms with Gasteiger partial charge in [-0.05, 0) is 48.7 Å². The van der Waals surface area contributed by atoms with E-state index in [1.165, 1.54) is 5.56 Å². The van der Waals surface area contributed by atoms with Crippen LogP contribution in [0.1, 0.15) is 27.8 Å². The number of furan rings is 1. The molecule has 1 heterocycles. The molecule has 0 spiro atoms. The van der Waals surface area contributed by atoms with Crippen molar-refractivity contribution in [1.82, 2.24) is 0 Å². The molecule has 2 rings (SSSR count). The van der Waals surface area contributed by atoms with E-state index >= 15 is 0 Å². The van der Waals surface area contributed by atoms with Crippen molar-refractivity contribution in [2.24, 2.45) is 0 Å². The van der Waals surface area contributed by atoms with E-state index in [1.54, 1.807) is 6.26 Å². The third-order valence-corrected chi connectivity index (χ3v) is 4.66. The smallest absolute Gasteiger partial charge is 0.129 e. The number of hydrogen-bond acceptors (Lipinski definition) is 1. The molecule has 1 nitrogen and oxygen atoms in total. The van der Waals surface area contributed by atoms with Crippen molar-refractivity contribution in [2.45, 2.75) is 19.2 Å². The van der Waals surface area contributed by atoms with Crippen LogP contribution < -0.4 is 0 Å². The summed E-state index contributed by atoms with van der Waals surface area (Å²) in [5.74, 6) is 0.795. The van der Waals surface area contributed by atoms with Gasteiger partial charge in [-0.25, -0.2) is 0 Å². The fraction of sp³-hybridized carbons (Fsp3) is 0.231. The second kappa shape index (κ2) is 5.17. The maximum Gasteiger partial charge on any atom is 0.129 e. The SMILES string of the molecule is Cc1cc(Br)c(C(Cl)c2occc2C)cc1Br. The van der Waals surface area contributed by atoms with E-state index in [2.05, 4.69) is 31.9 Å². The van der Waals surface area contributed by atoms with Gasteiger partial charge in [0.2, 0.25) is 0 Å². The summed E-state index contributed by atoms with van der Waals surface area (Å²) < 4.78 is 7.48. The summed E-state index contributed by atoms with van der Waals surface area (Å²) >= 11 is 13.5. The molecule has 0 fully saturated rings. The first-order valence-electron chi connectivity index (χ1n) is 5.14. The minimum absolute atomic E-state index is 0.281. The highest BCUT2D eigenvalue weighted by Crippen LogP contribution is 2.38. The lowest BCUT2D eigenvalue weighted by molar-refractivity contribution is 0.513. The molecule has 0 amide bonds. The second-order valence-corrected chi connectivity index (χ2v) is 6.10. The zero-order chi connectivity index (χ0) is 12.6. The van der Waals surface area contributed by atoms with Crippen molar-refractivity contribution in [1.29, 1.82) is 0 Å². The van der Waals surface area contributed by atoms with Crippen molar-refractivity contribution in [3.8, 4) is 0 Å². The lowest BCUT2D eigenvalue weighted by atomic mass is 10.1. The van der Waals surface area contributed by atoms with Crippen LogP contribution in [0.2, 0.25) is 0 Å². The first-order chi connectivity index (χ1) is 8.00. The molecule has 0 aliphatic carbocycles. The molecule has 0 aliphatic heterocycles. The zero-order valence-electron chi connectivity index (χ0n) is 9.43. The fourth-order valence-corrected chi connectivity index (χ4v) is 3.22. The average Bonchev–Trinajstić information content (AvgIpc) is 2.69. The quantitative estimate of drug-likeness (QED) is 0.607. The Bertz CT molecular complexity index is 548. The normalized spacial score (nSPS) is 12.8. The lowest BCUT2D eigenvalue weighted by Gasteiger charge is -2.12. The molecule has 90 valence electrons. The first-order valence-corrected chi connectivity index (χ1v) is 7.16. The molecule has 0 N–H and O–H groups in total. The van der Waals surface area contributed by atoms with Crippen molar-refractivity contribution in [3.63, 3.8) is 0 Å². The minimum Gasteiger partial charge on any atom is -0.467 e. The van der Waals surface area contributed by atoms with Gasteiger partial charge in [-0.15, -0.1) is 11.6 Å². The summed E-state index contributed by atoms with van der Waals surface area (Å²) in [6.45, 7) is 4.03. The third kappa shape index (κ3) is 2.61.